The van der Waals surface area contributed by atoms with Gasteiger partial charge < -0.3 is 10.1 Å². The first-order chi connectivity index (χ1) is 11.9. The maximum atomic E-state index is 12.6. The maximum absolute atomic E-state index is 12.6. The fourth-order valence-electron chi connectivity index (χ4n) is 2.68. The topological polar surface area (TPSA) is 56.2 Å². The zero-order valence-electron chi connectivity index (χ0n) is 13.4. The average Bonchev–Trinajstić information content (AvgIpc) is 3.11. The molecule has 1 aliphatic rings. The number of benzene rings is 1. The van der Waals surface area contributed by atoms with Crippen molar-refractivity contribution in [1.29, 1.82) is 0 Å². The maximum Gasteiger partial charge on any atom is 0.435 e. The van der Waals surface area contributed by atoms with Crippen LogP contribution in [0, 0.1) is 5.92 Å². The van der Waals surface area contributed by atoms with E-state index in [9.17, 15) is 18.0 Å². The van der Waals surface area contributed by atoms with Crippen molar-refractivity contribution in [3.63, 3.8) is 0 Å². The first-order valence-corrected chi connectivity index (χ1v) is 8.01. The van der Waals surface area contributed by atoms with Crippen LogP contribution in [-0.2, 0) is 22.3 Å². The summed E-state index contributed by atoms with van der Waals surface area (Å²) in [5, 5.41) is 6.41. The lowest BCUT2D eigenvalue weighted by atomic mass is 9.99. The fraction of sp³-hybridized carbons (Fsp3) is 0.412. The molecule has 0 saturated carbocycles. The standard InChI is InChI=1S/C17H18F3N3O2/c18-17(19,20)15-5-8-23(22-15)14-3-1-12(2-4-14)11-21-16(24)13-6-9-25-10-7-13/h1-5,8,13H,6-7,9-11H2,(H,21,24). The fourth-order valence-corrected chi connectivity index (χ4v) is 2.68. The summed E-state index contributed by atoms with van der Waals surface area (Å²) >= 11 is 0. The van der Waals surface area contributed by atoms with Crippen LogP contribution in [0.15, 0.2) is 36.5 Å². The molecule has 8 heteroatoms. The zero-order valence-corrected chi connectivity index (χ0v) is 13.4. The Bertz CT molecular complexity index is 719. The number of carbonyl (C=O) groups excluding carboxylic acids is 1. The van der Waals surface area contributed by atoms with Gasteiger partial charge in [0.25, 0.3) is 0 Å². The summed E-state index contributed by atoms with van der Waals surface area (Å²) < 4.78 is 44.2. The summed E-state index contributed by atoms with van der Waals surface area (Å²) in [6.45, 7) is 1.59. The van der Waals surface area contributed by atoms with Gasteiger partial charge >= 0.3 is 6.18 Å². The van der Waals surface area contributed by atoms with Gasteiger partial charge in [-0.3, -0.25) is 4.79 Å². The van der Waals surface area contributed by atoms with E-state index >= 15 is 0 Å². The normalized spacial score (nSPS) is 16.0. The Balaban J connectivity index is 1.58. The lowest BCUT2D eigenvalue weighted by Gasteiger charge is -2.21. The summed E-state index contributed by atoms with van der Waals surface area (Å²) in [4.78, 5) is 12.1. The Morgan fingerprint density at radius 2 is 1.88 bits per heavy atom. The number of halogens is 3. The van der Waals surface area contributed by atoms with Gasteiger partial charge in [-0.1, -0.05) is 12.1 Å². The summed E-state index contributed by atoms with van der Waals surface area (Å²) in [6.07, 6.45) is -1.73. The highest BCUT2D eigenvalue weighted by Crippen LogP contribution is 2.27. The number of hydrogen-bond acceptors (Lipinski definition) is 3. The molecule has 3 rings (SSSR count). The van der Waals surface area contributed by atoms with Gasteiger partial charge in [-0.05, 0) is 36.6 Å². The number of ether oxygens (including phenoxy) is 1. The Hall–Kier alpha value is -2.35. The molecular formula is C17H18F3N3O2. The molecule has 0 aliphatic carbocycles. The Labute approximate surface area is 142 Å². The monoisotopic (exact) mass is 353 g/mol. The Morgan fingerprint density at radius 3 is 2.48 bits per heavy atom. The SMILES string of the molecule is O=C(NCc1ccc(-n2ccc(C(F)(F)F)n2)cc1)C1CCOCC1. The molecule has 1 aromatic heterocycles. The number of alkyl halides is 3. The third-order valence-corrected chi connectivity index (χ3v) is 4.14. The summed E-state index contributed by atoms with van der Waals surface area (Å²) in [5.74, 6) is -0.00726. The molecule has 1 N–H and O–H groups in total. The van der Waals surface area contributed by atoms with E-state index in [4.69, 9.17) is 4.74 Å². The van der Waals surface area contributed by atoms with Gasteiger partial charge in [-0.15, -0.1) is 0 Å². The van der Waals surface area contributed by atoms with Gasteiger partial charge in [-0.25, -0.2) is 4.68 Å². The molecule has 134 valence electrons. The highest BCUT2D eigenvalue weighted by atomic mass is 19.4. The second-order valence-corrected chi connectivity index (χ2v) is 5.91. The third kappa shape index (κ3) is 4.39. The molecule has 0 bridgehead atoms. The first kappa shape index (κ1) is 17.5. The van der Waals surface area contributed by atoms with Crippen LogP contribution in [0.2, 0.25) is 0 Å². The van der Waals surface area contributed by atoms with Crippen LogP contribution in [-0.4, -0.2) is 28.9 Å². The van der Waals surface area contributed by atoms with Gasteiger partial charge in [0.1, 0.15) is 0 Å². The van der Waals surface area contributed by atoms with Crippen molar-refractivity contribution in [3.05, 3.63) is 47.8 Å². The van der Waals surface area contributed by atoms with Gasteiger partial charge in [0.05, 0.1) is 5.69 Å². The minimum atomic E-state index is -4.46. The van der Waals surface area contributed by atoms with Crippen LogP contribution in [0.5, 0.6) is 0 Å². The average molecular weight is 353 g/mol. The Morgan fingerprint density at radius 1 is 1.20 bits per heavy atom. The van der Waals surface area contributed by atoms with E-state index in [1.807, 2.05) is 0 Å². The van der Waals surface area contributed by atoms with E-state index < -0.39 is 11.9 Å². The molecule has 1 aromatic carbocycles. The Kier molecular flexibility index (Phi) is 5.08. The van der Waals surface area contributed by atoms with Crippen molar-refractivity contribution in [1.82, 2.24) is 15.1 Å². The van der Waals surface area contributed by atoms with E-state index in [0.29, 0.717) is 25.4 Å². The van der Waals surface area contributed by atoms with Crippen LogP contribution in [0.4, 0.5) is 13.2 Å². The number of carbonyl (C=O) groups is 1. The number of aromatic nitrogens is 2. The summed E-state index contributed by atoms with van der Waals surface area (Å²) in [6, 6.07) is 7.79. The first-order valence-electron chi connectivity index (χ1n) is 8.01. The predicted molar refractivity (Wildman–Crippen MR) is 84.0 cm³/mol. The van der Waals surface area contributed by atoms with Crippen LogP contribution in [0.25, 0.3) is 5.69 Å². The van der Waals surface area contributed by atoms with Crippen LogP contribution in [0.3, 0.4) is 0 Å². The molecule has 2 aromatic rings. The molecule has 1 aliphatic heterocycles. The third-order valence-electron chi connectivity index (χ3n) is 4.14. The lowest BCUT2D eigenvalue weighted by Crippen LogP contribution is -2.33. The second kappa shape index (κ2) is 7.26. The molecule has 5 nitrogen and oxygen atoms in total. The van der Waals surface area contributed by atoms with Crippen molar-refractivity contribution in [2.24, 2.45) is 5.92 Å². The molecule has 0 radical (unpaired) electrons. The zero-order chi connectivity index (χ0) is 17.9. The minimum absolute atomic E-state index is 0.00858. The second-order valence-electron chi connectivity index (χ2n) is 5.91. The largest absolute Gasteiger partial charge is 0.435 e. The molecule has 2 heterocycles. The smallest absolute Gasteiger partial charge is 0.381 e. The van der Waals surface area contributed by atoms with Crippen molar-refractivity contribution >= 4 is 5.91 Å². The van der Waals surface area contributed by atoms with E-state index in [-0.39, 0.29) is 11.8 Å². The van der Waals surface area contributed by atoms with Gasteiger partial charge in [0, 0.05) is 31.9 Å². The van der Waals surface area contributed by atoms with E-state index in [2.05, 4.69) is 10.4 Å². The number of rotatable bonds is 4. The number of nitrogens with zero attached hydrogens (tertiary/aromatic N) is 2. The van der Waals surface area contributed by atoms with E-state index in [1.54, 1.807) is 24.3 Å². The minimum Gasteiger partial charge on any atom is -0.381 e. The van der Waals surface area contributed by atoms with Gasteiger partial charge in [0.15, 0.2) is 5.69 Å². The van der Waals surface area contributed by atoms with Gasteiger partial charge in [0.2, 0.25) is 5.91 Å². The van der Waals surface area contributed by atoms with E-state index in [0.717, 1.165) is 24.5 Å². The quantitative estimate of drug-likeness (QED) is 0.920. The number of nitrogens with one attached hydrogen (secondary N) is 1. The van der Waals surface area contributed by atoms with Crippen molar-refractivity contribution < 1.29 is 22.7 Å². The van der Waals surface area contributed by atoms with Crippen LogP contribution in [0.1, 0.15) is 24.1 Å². The molecule has 25 heavy (non-hydrogen) atoms. The molecule has 0 unspecified atom stereocenters. The van der Waals surface area contributed by atoms with Crippen LogP contribution >= 0.6 is 0 Å². The van der Waals surface area contributed by atoms with Crippen LogP contribution < -0.4 is 5.32 Å². The molecule has 1 amide bonds. The molecule has 0 spiro atoms. The lowest BCUT2D eigenvalue weighted by molar-refractivity contribution is -0.141. The summed E-state index contributed by atoms with van der Waals surface area (Å²) in [7, 11) is 0. The summed E-state index contributed by atoms with van der Waals surface area (Å²) in [5.41, 5.74) is 0.461. The molecular weight excluding hydrogens is 335 g/mol. The molecule has 1 saturated heterocycles. The van der Waals surface area contributed by atoms with Crippen molar-refractivity contribution in [2.75, 3.05) is 13.2 Å². The number of hydrogen-bond donors (Lipinski definition) is 1. The van der Waals surface area contributed by atoms with Crippen molar-refractivity contribution in [3.8, 4) is 5.69 Å². The number of amides is 1. The predicted octanol–water partition coefficient (Wildman–Crippen LogP) is 2.93. The highest BCUT2D eigenvalue weighted by Gasteiger charge is 2.33. The van der Waals surface area contributed by atoms with Gasteiger partial charge in [-0.2, -0.15) is 18.3 Å². The highest BCUT2D eigenvalue weighted by molar-refractivity contribution is 5.78. The van der Waals surface area contributed by atoms with E-state index in [1.165, 1.54) is 10.9 Å². The van der Waals surface area contributed by atoms with Crippen molar-refractivity contribution in [2.45, 2.75) is 25.6 Å². The molecule has 1 fully saturated rings. The molecule has 0 atom stereocenters.